The van der Waals surface area contributed by atoms with Crippen molar-refractivity contribution in [1.29, 1.82) is 0 Å². The number of non-ortho nitro benzene ring substituents is 1. The number of nitro benzene ring substituents is 1. The Morgan fingerprint density at radius 2 is 1.87 bits per heavy atom. The SMILES string of the molecule is CC(C)(CN)NC(=O)CCNS(=O)(=O)c1ccc([N+](=O)[O-])cc1. The normalized spacial score (nSPS) is 12.0. The number of nitro groups is 1. The van der Waals surface area contributed by atoms with Gasteiger partial charge in [0.1, 0.15) is 0 Å². The zero-order valence-electron chi connectivity index (χ0n) is 12.9. The minimum absolute atomic E-state index is 0.0460. The van der Waals surface area contributed by atoms with Gasteiger partial charge in [0.25, 0.3) is 5.69 Å². The molecule has 0 aliphatic carbocycles. The third-order valence-corrected chi connectivity index (χ3v) is 4.47. The summed E-state index contributed by atoms with van der Waals surface area (Å²) >= 11 is 0. The molecular formula is C13H20N4O5S. The second-order valence-electron chi connectivity index (χ2n) is 5.53. The van der Waals surface area contributed by atoms with E-state index in [0.29, 0.717) is 0 Å². The number of nitrogens with two attached hydrogens (primary N) is 1. The minimum Gasteiger partial charge on any atom is -0.350 e. The molecule has 1 amide bonds. The fraction of sp³-hybridized carbons (Fsp3) is 0.462. The molecule has 0 spiro atoms. The van der Waals surface area contributed by atoms with Crippen LogP contribution in [0.5, 0.6) is 0 Å². The predicted octanol–water partition coefficient (Wildman–Crippen LogP) is 0.117. The van der Waals surface area contributed by atoms with E-state index in [1.807, 2.05) is 0 Å². The average Bonchev–Trinajstić information content (AvgIpc) is 2.46. The van der Waals surface area contributed by atoms with Gasteiger partial charge in [0.2, 0.25) is 15.9 Å². The third kappa shape index (κ3) is 5.93. The highest BCUT2D eigenvalue weighted by Crippen LogP contribution is 2.15. The number of sulfonamides is 1. The maximum atomic E-state index is 12.0. The Morgan fingerprint density at radius 1 is 1.30 bits per heavy atom. The summed E-state index contributed by atoms with van der Waals surface area (Å²) < 4.78 is 26.3. The summed E-state index contributed by atoms with van der Waals surface area (Å²) in [6, 6.07) is 4.48. The molecule has 0 bridgehead atoms. The Morgan fingerprint density at radius 3 is 2.35 bits per heavy atom. The van der Waals surface area contributed by atoms with Crippen LogP contribution in [0.1, 0.15) is 20.3 Å². The lowest BCUT2D eigenvalue weighted by atomic mass is 10.1. The summed E-state index contributed by atoms with van der Waals surface area (Å²) in [5.41, 5.74) is 4.73. The van der Waals surface area contributed by atoms with Crippen molar-refractivity contribution < 1.29 is 18.1 Å². The summed E-state index contributed by atoms with van der Waals surface area (Å²) in [6.45, 7) is 3.68. The molecule has 0 aliphatic rings. The van der Waals surface area contributed by atoms with E-state index in [9.17, 15) is 23.3 Å². The fourth-order valence-corrected chi connectivity index (χ4v) is 2.65. The van der Waals surface area contributed by atoms with Gasteiger partial charge in [-0.15, -0.1) is 0 Å². The maximum absolute atomic E-state index is 12.0. The van der Waals surface area contributed by atoms with E-state index in [1.165, 1.54) is 0 Å². The van der Waals surface area contributed by atoms with Crippen molar-refractivity contribution in [3.8, 4) is 0 Å². The van der Waals surface area contributed by atoms with Crippen LogP contribution in [-0.2, 0) is 14.8 Å². The molecule has 1 aromatic carbocycles. The summed E-state index contributed by atoms with van der Waals surface area (Å²) in [5, 5.41) is 13.2. The molecule has 0 radical (unpaired) electrons. The molecule has 1 aromatic rings. The van der Waals surface area contributed by atoms with Gasteiger partial charge in [-0.05, 0) is 26.0 Å². The molecular weight excluding hydrogens is 324 g/mol. The maximum Gasteiger partial charge on any atom is 0.269 e. The Bertz CT molecular complexity index is 670. The van der Waals surface area contributed by atoms with E-state index in [2.05, 4.69) is 10.0 Å². The largest absolute Gasteiger partial charge is 0.350 e. The van der Waals surface area contributed by atoms with Crippen LogP contribution < -0.4 is 15.8 Å². The standard InChI is InChI=1S/C13H20N4O5S/c1-13(2,9-14)16-12(18)7-8-15-23(21,22)11-5-3-10(4-6-11)17(19)20/h3-6,15H,7-9,14H2,1-2H3,(H,16,18). The second kappa shape index (κ2) is 7.49. The van der Waals surface area contributed by atoms with E-state index in [-0.39, 0.29) is 36.0 Å². The van der Waals surface area contributed by atoms with Crippen LogP contribution in [0.15, 0.2) is 29.2 Å². The van der Waals surface area contributed by atoms with Crippen molar-refractivity contribution in [2.45, 2.75) is 30.7 Å². The van der Waals surface area contributed by atoms with E-state index >= 15 is 0 Å². The van der Waals surface area contributed by atoms with Crippen LogP contribution in [0.25, 0.3) is 0 Å². The van der Waals surface area contributed by atoms with E-state index in [4.69, 9.17) is 5.73 Å². The van der Waals surface area contributed by atoms with E-state index in [1.54, 1.807) is 13.8 Å². The van der Waals surface area contributed by atoms with Crippen LogP contribution in [0.3, 0.4) is 0 Å². The Balaban J connectivity index is 2.59. The number of nitrogens with zero attached hydrogens (tertiary/aromatic N) is 1. The monoisotopic (exact) mass is 344 g/mol. The molecule has 0 saturated heterocycles. The van der Waals surface area contributed by atoms with Crippen molar-refractivity contribution in [3.05, 3.63) is 34.4 Å². The highest BCUT2D eigenvalue weighted by molar-refractivity contribution is 7.89. The molecule has 0 aromatic heterocycles. The van der Waals surface area contributed by atoms with Gasteiger partial charge in [-0.3, -0.25) is 14.9 Å². The average molecular weight is 344 g/mol. The van der Waals surface area contributed by atoms with Crippen molar-refractivity contribution in [2.75, 3.05) is 13.1 Å². The first kappa shape index (κ1) is 19.0. The Kier molecular flexibility index (Phi) is 6.19. The smallest absolute Gasteiger partial charge is 0.269 e. The molecule has 4 N–H and O–H groups in total. The number of carbonyl (C=O) groups excluding carboxylic acids is 1. The van der Waals surface area contributed by atoms with Crippen LogP contribution in [0, 0.1) is 10.1 Å². The minimum atomic E-state index is -3.82. The van der Waals surface area contributed by atoms with Crippen molar-refractivity contribution >= 4 is 21.6 Å². The molecule has 0 saturated carbocycles. The number of rotatable bonds is 8. The summed E-state index contributed by atoms with van der Waals surface area (Å²) in [6.07, 6.45) is -0.0460. The topological polar surface area (TPSA) is 144 Å². The van der Waals surface area contributed by atoms with Gasteiger partial charge in [-0.25, -0.2) is 13.1 Å². The third-order valence-electron chi connectivity index (χ3n) is 2.99. The van der Waals surface area contributed by atoms with Gasteiger partial charge in [0.05, 0.1) is 9.82 Å². The number of hydrogen-bond acceptors (Lipinski definition) is 6. The molecule has 0 unspecified atom stereocenters. The number of amides is 1. The molecule has 1 rings (SSSR count). The second-order valence-corrected chi connectivity index (χ2v) is 7.30. The number of carbonyl (C=O) groups is 1. The summed E-state index contributed by atoms with van der Waals surface area (Å²) in [5.74, 6) is -0.327. The Labute approximate surface area is 134 Å². The molecule has 0 fully saturated rings. The first-order chi connectivity index (χ1) is 10.6. The highest BCUT2D eigenvalue weighted by atomic mass is 32.2. The van der Waals surface area contributed by atoms with E-state index in [0.717, 1.165) is 24.3 Å². The van der Waals surface area contributed by atoms with Gasteiger partial charge in [-0.2, -0.15) is 0 Å². The zero-order valence-corrected chi connectivity index (χ0v) is 13.7. The molecule has 10 heteroatoms. The summed E-state index contributed by atoms with van der Waals surface area (Å²) in [7, 11) is -3.82. The number of benzene rings is 1. The van der Waals surface area contributed by atoms with Gasteiger partial charge in [0, 0.05) is 37.2 Å². The first-order valence-corrected chi connectivity index (χ1v) is 8.31. The van der Waals surface area contributed by atoms with Gasteiger partial charge < -0.3 is 11.1 Å². The molecule has 23 heavy (non-hydrogen) atoms. The lowest BCUT2D eigenvalue weighted by molar-refractivity contribution is -0.384. The van der Waals surface area contributed by atoms with E-state index < -0.39 is 20.5 Å². The molecule has 0 aliphatic heterocycles. The highest BCUT2D eigenvalue weighted by Gasteiger charge is 2.19. The van der Waals surface area contributed by atoms with Gasteiger partial charge in [0.15, 0.2) is 0 Å². The lowest BCUT2D eigenvalue weighted by Gasteiger charge is -2.24. The zero-order chi connectivity index (χ0) is 17.7. The van der Waals surface area contributed by atoms with Crippen molar-refractivity contribution in [2.24, 2.45) is 5.73 Å². The van der Waals surface area contributed by atoms with Crippen molar-refractivity contribution in [3.63, 3.8) is 0 Å². The first-order valence-electron chi connectivity index (χ1n) is 6.82. The fourth-order valence-electron chi connectivity index (χ4n) is 1.62. The molecule has 0 atom stereocenters. The predicted molar refractivity (Wildman–Crippen MR) is 84.2 cm³/mol. The molecule has 128 valence electrons. The van der Waals surface area contributed by atoms with Crippen LogP contribution in [-0.4, -0.2) is 37.9 Å². The van der Waals surface area contributed by atoms with Gasteiger partial charge >= 0.3 is 0 Å². The van der Waals surface area contributed by atoms with Crippen LogP contribution >= 0.6 is 0 Å². The van der Waals surface area contributed by atoms with Crippen LogP contribution in [0.2, 0.25) is 0 Å². The molecule has 9 nitrogen and oxygen atoms in total. The van der Waals surface area contributed by atoms with Crippen LogP contribution in [0.4, 0.5) is 5.69 Å². The molecule has 0 heterocycles. The quantitative estimate of drug-likeness (QED) is 0.451. The number of nitrogens with one attached hydrogen (secondary N) is 2. The summed E-state index contributed by atoms with van der Waals surface area (Å²) in [4.78, 5) is 21.5. The van der Waals surface area contributed by atoms with Gasteiger partial charge in [-0.1, -0.05) is 0 Å². The van der Waals surface area contributed by atoms with Crippen molar-refractivity contribution in [1.82, 2.24) is 10.0 Å². The Hall–Kier alpha value is -2.04. The number of hydrogen-bond donors (Lipinski definition) is 3. The lowest BCUT2D eigenvalue weighted by Crippen LogP contribution is -2.49.